The molecule has 188 valence electrons. The van der Waals surface area contributed by atoms with E-state index in [1.54, 1.807) is 29.9 Å². The number of fused-ring (bicyclic) bond motifs is 1. The van der Waals surface area contributed by atoms with Gasteiger partial charge >= 0.3 is 0 Å². The number of nitrogens with two attached hydrogens (primary N) is 1. The number of hydrogen-bond donors (Lipinski definition) is 2. The normalized spacial score (nSPS) is 11.9. The van der Waals surface area contributed by atoms with Crippen LogP contribution in [-0.4, -0.2) is 64.3 Å². The minimum absolute atomic E-state index is 0.409. The van der Waals surface area contributed by atoms with Crippen molar-refractivity contribution < 1.29 is 4.74 Å². The molecule has 8 nitrogen and oxygen atoms in total. The minimum Gasteiger partial charge on any atom is -0.491 e. The van der Waals surface area contributed by atoms with Crippen molar-refractivity contribution in [1.29, 1.82) is 0 Å². The monoisotopic (exact) mass is 511 g/mol. The highest BCUT2D eigenvalue weighted by molar-refractivity contribution is 7.08. The van der Waals surface area contributed by atoms with Gasteiger partial charge in [0.2, 0.25) is 0 Å². The molecule has 0 fully saturated rings. The average Bonchev–Trinajstić information content (AvgIpc) is 3.58. The summed E-state index contributed by atoms with van der Waals surface area (Å²) >= 11 is 1.67. The second kappa shape index (κ2) is 10.9. The van der Waals surface area contributed by atoms with E-state index >= 15 is 0 Å². The highest BCUT2D eigenvalue weighted by atomic mass is 32.1. The molecule has 9 heteroatoms. The molecule has 0 radical (unpaired) electrons. The van der Waals surface area contributed by atoms with Crippen molar-refractivity contribution in [3.05, 3.63) is 77.1 Å². The Labute approximate surface area is 219 Å². The van der Waals surface area contributed by atoms with Gasteiger partial charge in [0.05, 0.1) is 17.6 Å². The van der Waals surface area contributed by atoms with Crippen molar-refractivity contribution in [1.82, 2.24) is 24.8 Å². The molecule has 5 aromatic heterocycles. The Hall–Kier alpha value is -4.08. The summed E-state index contributed by atoms with van der Waals surface area (Å²) in [4.78, 5) is 23.8. The van der Waals surface area contributed by atoms with Crippen molar-refractivity contribution in [3.63, 3.8) is 0 Å². The lowest BCUT2D eigenvalue weighted by atomic mass is 10.0. The zero-order valence-electron chi connectivity index (χ0n) is 21.1. The molecule has 0 atom stereocenters. The molecule has 0 aromatic carbocycles. The van der Waals surface area contributed by atoms with Crippen LogP contribution in [0.15, 0.2) is 70.9 Å². The number of pyridine rings is 3. The van der Waals surface area contributed by atoms with Gasteiger partial charge in [-0.3, -0.25) is 9.98 Å². The van der Waals surface area contributed by atoms with E-state index < -0.39 is 0 Å². The fourth-order valence-corrected chi connectivity index (χ4v) is 4.78. The molecule has 37 heavy (non-hydrogen) atoms. The Balaban J connectivity index is 1.52. The first-order valence-corrected chi connectivity index (χ1v) is 13.0. The first kappa shape index (κ1) is 24.6. The van der Waals surface area contributed by atoms with E-state index in [9.17, 15) is 0 Å². The van der Waals surface area contributed by atoms with Crippen LogP contribution in [0.25, 0.3) is 33.3 Å². The molecule has 0 aliphatic rings. The van der Waals surface area contributed by atoms with Crippen molar-refractivity contribution in [2.45, 2.75) is 6.92 Å². The van der Waals surface area contributed by atoms with Gasteiger partial charge in [0.25, 0.3) is 0 Å². The summed E-state index contributed by atoms with van der Waals surface area (Å²) in [6, 6.07) is 10.2. The van der Waals surface area contributed by atoms with Crippen LogP contribution in [0, 0.1) is 0 Å². The number of nitrogens with zero attached hydrogens (tertiary/aromatic N) is 5. The second-order valence-corrected chi connectivity index (χ2v) is 9.64. The molecule has 5 rings (SSSR count). The van der Waals surface area contributed by atoms with E-state index in [4.69, 9.17) is 15.5 Å². The number of aliphatic imine (C=N–C) groups is 1. The highest BCUT2D eigenvalue weighted by Crippen LogP contribution is 2.31. The van der Waals surface area contributed by atoms with Crippen LogP contribution in [0.3, 0.4) is 0 Å². The highest BCUT2D eigenvalue weighted by Gasteiger charge is 2.17. The molecule has 0 bridgehead atoms. The van der Waals surface area contributed by atoms with Gasteiger partial charge in [0.15, 0.2) is 0 Å². The molecule has 0 saturated carbocycles. The van der Waals surface area contributed by atoms with E-state index in [2.05, 4.69) is 47.7 Å². The van der Waals surface area contributed by atoms with Crippen LogP contribution in [-0.2, 0) is 0 Å². The summed E-state index contributed by atoms with van der Waals surface area (Å²) in [5, 5.41) is 5.25. The number of ether oxygens (including phenoxy) is 1. The third-order valence-electron chi connectivity index (χ3n) is 5.96. The SMILES string of the molecule is CCN=C(c1cc2c(-c3ccsc3)ccnc2[nH]1)c1cc(-c2cncc(OCCN(C)C)c2)cnc1N. The lowest BCUT2D eigenvalue weighted by Gasteiger charge is -2.12. The van der Waals surface area contributed by atoms with Gasteiger partial charge in [0, 0.05) is 53.8 Å². The summed E-state index contributed by atoms with van der Waals surface area (Å²) in [6.07, 6.45) is 7.09. The number of thiophene rings is 1. The third-order valence-corrected chi connectivity index (χ3v) is 6.65. The van der Waals surface area contributed by atoms with Gasteiger partial charge in [-0.2, -0.15) is 11.3 Å². The van der Waals surface area contributed by atoms with Crippen molar-refractivity contribution >= 4 is 33.9 Å². The van der Waals surface area contributed by atoms with E-state index in [1.165, 1.54) is 5.56 Å². The van der Waals surface area contributed by atoms with Crippen LogP contribution in [0.4, 0.5) is 5.82 Å². The van der Waals surface area contributed by atoms with E-state index in [0.29, 0.717) is 24.7 Å². The van der Waals surface area contributed by atoms with Crippen molar-refractivity contribution in [2.24, 2.45) is 4.99 Å². The average molecular weight is 512 g/mol. The number of likely N-dealkylation sites (N-methyl/N-ethyl adjacent to an activating group) is 1. The van der Waals surface area contributed by atoms with Gasteiger partial charge in [0.1, 0.15) is 23.8 Å². The fraction of sp³-hybridized carbons (Fsp3) is 0.214. The lowest BCUT2D eigenvalue weighted by molar-refractivity contribution is 0.261. The maximum absolute atomic E-state index is 6.40. The predicted molar refractivity (Wildman–Crippen MR) is 152 cm³/mol. The summed E-state index contributed by atoms with van der Waals surface area (Å²) in [6.45, 7) is 4.00. The minimum atomic E-state index is 0.409. The topological polar surface area (TPSA) is 105 Å². The van der Waals surface area contributed by atoms with Crippen LogP contribution < -0.4 is 10.5 Å². The number of rotatable bonds is 9. The zero-order valence-corrected chi connectivity index (χ0v) is 21.9. The Morgan fingerprint density at radius 3 is 2.73 bits per heavy atom. The van der Waals surface area contributed by atoms with Crippen LogP contribution in [0.5, 0.6) is 5.75 Å². The molecule has 0 aliphatic heterocycles. The molecule has 0 aliphatic carbocycles. The molecule has 0 spiro atoms. The van der Waals surface area contributed by atoms with E-state index in [-0.39, 0.29) is 0 Å². The molecule has 5 aromatic rings. The maximum Gasteiger partial charge on any atom is 0.138 e. The number of nitrogens with one attached hydrogen (secondary N) is 1. The van der Waals surface area contributed by atoms with E-state index in [1.807, 2.05) is 45.4 Å². The molecule has 0 saturated heterocycles. The Morgan fingerprint density at radius 2 is 1.95 bits per heavy atom. The Bertz CT molecular complexity index is 1540. The largest absolute Gasteiger partial charge is 0.491 e. The van der Waals surface area contributed by atoms with Gasteiger partial charge in [-0.05, 0) is 73.2 Å². The zero-order chi connectivity index (χ0) is 25.8. The van der Waals surface area contributed by atoms with Gasteiger partial charge < -0.3 is 20.4 Å². The van der Waals surface area contributed by atoms with E-state index in [0.717, 1.165) is 51.2 Å². The fourth-order valence-electron chi connectivity index (χ4n) is 4.12. The van der Waals surface area contributed by atoms with Gasteiger partial charge in [-0.1, -0.05) is 0 Å². The maximum atomic E-state index is 6.40. The summed E-state index contributed by atoms with van der Waals surface area (Å²) in [5.41, 5.74) is 13.6. The summed E-state index contributed by atoms with van der Waals surface area (Å²) in [5.74, 6) is 1.12. The summed E-state index contributed by atoms with van der Waals surface area (Å²) < 4.78 is 5.88. The predicted octanol–water partition coefficient (Wildman–Crippen LogP) is 5.13. The summed E-state index contributed by atoms with van der Waals surface area (Å²) in [7, 11) is 4.03. The number of aromatic nitrogens is 4. The van der Waals surface area contributed by atoms with Gasteiger partial charge in [-0.15, -0.1) is 0 Å². The van der Waals surface area contributed by atoms with Crippen molar-refractivity contribution in [2.75, 3.05) is 39.5 Å². The number of nitrogen functional groups attached to an aromatic ring is 1. The Kier molecular flexibility index (Phi) is 7.25. The van der Waals surface area contributed by atoms with Crippen LogP contribution >= 0.6 is 11.3 Å². The van der Waals surface area contributed by atoms with Crippen LogP contribution in [0.1, 0.15) is 18.2 Å². The first-order valence-electron chi connectivity index (χ1n) is 12.1. The number of anilines is 1. The van der Waals surface area contributed by atoms with Crippen molar-refractivity contribution in [3.8, 4) is 28.0 Å². The standard InChI is InChI=1S/C28H29N7OS/c1-4-31-26(25-13-23-22(18-6-10-37-17-18)5-7-32-28(23)34-25)24-12-20(15-33-27(24)29)19-11-21(16-30-14-19)36-9-8-35(2)3/h5-7,10-17H,4,8-9H2,1-3H3,(H2,29,33)(H,32,34). The molecular formula is C28H29N7OS. The molecule has 3 N–H and O–H groups in total. The smallest absolute Gasteiger partial charge is 0.138 e. The molecule has 0 amide bonds. The lowest BCUT2D eigenvalue weighted by Crippen LogP contribution is -2.19. The first-order chi connectivity index (χ1) is 18.0. The number of aromatic amines is 1. The Morgan fingerprint density at radius 1 is 1.08 bits per heavy atom. The third kappa shape index (κ3) is 5.37. The quantitative estimate of drug-likeness (QED) is 0.266. The molecule has 5 heterocycles. The molecule has 0 unspecified atom stereocenters. The van der Waals surface area contributed by atoms with Crippen LogP contribution in [0.2, 0.25) is 0 Å². The van der Waals surface area contributed by atoms with Gasteiger partial charge in [-0.25, -0.2) is 9.97 Å². The second-order valence-electron chi connectivity index (χ2n) is 8.86. The molecular weight excluding hydrogens is 482 g/mol. The number of H-pyrrole nitrogens is 1. The number of hydrogen-bond acceptors (Lipinski definition) is 8.